The molecule has 98 valence electrons. The van der Waals surface area contributed by atoms with E-state index in [1.54, 1.807) is 0 Å². The zero-order chi connectivity index (χ0) is 13.1. The van der Waals surface area contributed by atoms with Gasteiger partial charge in [-0.1, -0.05) is 12.1 Å². The van der Waals surface area contributed by atoms with E-state index in [9.17, 15) is 0 Å². The first kappa shape index (κ1) is 14.5. The summed E-state index contributed by atoms with van der Waals surface area (Å²) in [4.78, 5) is 0. The van der Waals surface area contributed by atoms with Crippen molar-refractivity contribution in [2.24, 2.45) is 0 Å². The third-order valence-corrected chi connectivity index (χ3v) is 2.21. The number of nitrogens with zero attached hydrogens (tertiary/aromatic N) is 1. The van der Waals surface area contributed by atoms with E-state index < -0.39 is 0 Å². The van der Waals surface area contributed by atoms with Gasteiger partial charge in [0.05, 0.1) is 19.8 Å². The van der Waals surface area contributed by atoms with Crippen LogP contribution in [0.1, 0.15) is 5.56 Å². The lowest BCUT2D eigenvalue weighted by molar-refractivity contribution is 0.0938. The Hall–Kier alpha value is -1.61. The molecule has 0 fully saturated rings. The van der Waals surface area contributed by atoms with Crippen molar-refractivity contribution in [2.75, 3.05) is 33.0 Å². The number of aliphatic hydroxyl groups excluding tert-OH is 1. The van der Waals surface area contributed by atoms with Crippen LogP contribution >= 0.6 is 0 Å². The average molecular weight is 250 g/mol. The molecular formula is C13H18N2O3. The summed E-state index contributed by atoms with van der Waals surface area (Å²) >= 11 is 0. The second kappa shape index (κ2) is 9.42. The molecule has 0 bridgehead atoms. The lowest BCUT2D eigenvalue weighted by Gasteiger charge is -2.06. The molecule has 1 aromatic rings. The van der Waals surface area contributed by atoms with Crippen LogP contribution in [-0.4, -0.2) is 38.1 Å². The summed E-state index contributed by atoms with van der Waals surface area (Å²) in [7, 11) is 0. The Labute approximate surface area is 107 Å². The van der Waals surface area contributed by atoms with Gasteiger partial charge in [0.25, 0.3) is 0 Å². The maximum absolute atomic E-state index is 8.51. The zero-order valence-corrected chi connectivity index (χ0v) is 10.3. The molecule has 0 saturated carbocycles. The lowest BCUT2D eigenvalue weighted by atomic mass is 10.2. The van der Waals surface area contributed by atoms with Crippen LogP contribution in [-0.2, 0) is 11.3 Å². The van der Waals surface area contributed by atoms with Crippen LogP contribution in [0.25, 0.3) is 0 Å². The van der Waals surface area contributed by atoms with Gasteiger partial charge in [-0.25, -0.2) is 0 Å². The van der Waals surface area contributed by atoms with E-state index in [1.165, 1.54) is 0 Å². The molecule has 0 radical (unpaired) electrons. The number of hydrogen-bond donors (Lipinski definition) is 2. The van der Waals surface area contributed by atoms with E-state index in [-0.39, 0.29) is 13.2 Å². The number of rotatable bonds is 9. The van der Waals surface area contributed by atoms with Gasteiger partial charge in [-0.15, -0.1) is 0 Å². The molecule has 0 aliphatic rings. The van der Waals surface area contributed by atoms with Gasteiger partial charge in [-0.3, -0.25) is 0 Å². The molecule has 0 atom stereocenters. The molecular weight excluding hydrogens is 232 g/mol. The third kappa shape index (κ3) is 6.21. The standard InChI is InChI=1S/C13H18N2O3/c14-5-8-18-13-3-1-12(2-4-13)11-15-6-9-17-10-7-16/h1-4,15-16H,6-11H2. The van der Waals surface area contributed by atoms with Crippen molar-refractivity contribution >= 4 is 0 Å². The number of benzene rings is 1. The van der Waals surface area contributed by atoms with Gasteiger partial charge in [0.15, 0.2) is 6.61 Å². The van der Waals surface area contributed by atoms with Crippen LogP contribution in [0.4, 0.5) is 0 Å². The van der Waals surface area contributed by atoms with Crippen LogP contribution in [0.5, 0.6) is 5.75 Å². The molecule has 2 N–H and O–H groups in total. The van der Waals surface area contributed by atoms with Crippen molar-refractivity contribution in [1.29, 1.82) is 5.26 Å². The Morgan fingerprint density at radius 3 is 2.67 bits per heavy atom. The molecule has 0 amide bonds. The fourth-order valence-electron chi connectivity index (χ4n) is 1.36. The number of aliphatic hydroxyl groups is 1. The quantitative estimate of drug-likeness (QED) is 0.631. The summed E-state index contributed by atoms with van der Waals surface area (Å²) in [5.41, 5.74) is 1.14. The first-order valence-corrected chi connectivity index (χ1v) is 5.85. The van der Waals surface area contributed by atoms with Crippen LogP contribution in [0.15, 0.2) is 24.3 Å². The second-order valence-electron chi connectivity index (χ2n) is 3.60. The molecule has 0 aromatic heterocycles. The van der Waals surface area contributed by atoms with Gasteiger partial charge >= 0.3 is 0 Å². The first-order chi connectivity index (χ1) is 8.86. The summed E-state index contributed by atoms with van der Waals surface area (Å²) in [6.45, 7) is 2.59. The molecule has 0 saturated heterocycles. The van der Waals surface area contributed by atoms with E-state index in [0.717, 1.165) is 18.7 Å². The van der Waals surface area contributed by atoms with Crippen molar-refractivity contribution < 1.29 is 14.6 Å². The molecule has 1 rings (SSSR count). The number of nitriles is 1. The van der Waals surface area contributed by atoms with Crippen molar-refractivity contribution in [3.05, 3.63) is 29.8 Å². The summed E-state index contributed by atoms with van der Waals surface area (Å²) < 4.78 is 10.3. The normalized spacial score (nSPS) is 10.0. The number of nitrogens with one attached hydrogen (secondary N) is 1. The Morgan fingerprint density at radius 2 is 2.00 bits per heavy atom. The fraction of sp³-hybridized carbons (Fsp3) is 0.462. The van der Waals surface area contributed by atoms with Gasteiger partial charge in [0, 0.05) is 13.1 Å². The molecule has 0 aliphatic carbocycles. The monoisotopic (exact) mass is 250 g/mol. The minimum Gasteiger partial charge on any atom is -0.479 e. The minimum absolute atomic E-state index is 0.0597. The topological polar surface area (TPSA) is 74.5 Å². The predicted octanol–water partition coefficient (Wildman–Crippen LogP) is 0.687. The molecule has 1 aromatic carbocycles. The highest BCUT2D eigenvalue weighted by atomic mass is 16.5. The van der Waals surface area contributed by atoms with Crippen molar-refractivity contribution in [2.45, 2.75) is 6.54 Å². The highest BCUT2D eigenvalue weighted by Crippen LogP contribution is 2.11. The van der Waals surface area contributed by atoms with Gasteiger partial charge < -0.3 is 19.9 Å². The minimum atomic E-state index is 0.0597. The average Bonchev–Trinajstić information content (AvgIpc) is 2.42. The van der Waals surface area contributed by atoms with Crippen LogP contribution < -0.4 is 10.1 Å². The number of hydrogen-bond acceptors (Lipinski definition) is 5. The Kier molecular flexibility index (Phi) is 7.57. The Morgan fingerprint density at radius 1 is 1.22 bits per heavy atom. The first-order valence-electron chi connectivity index (χ1n) is 5.85. The van der Waals surface area contributed by atoms with Crippen LogP contribution in [0.3, 0.4) is 0 Å². The summed E-state index contributed by atoms with van der Waals surface area (Å²) in [5, 5.41) is 20.1. The smallest absolute Gasteiger partial charge is 0.174 e. The Balaban J connectivity index is 2.17. The largest absolute Gasteiger partial charge is 0.479 e. The van der Waals surface area contributed by atoms with Crippen LogP contribution in [0.2, 0.25) is 0 Å². The van der Waals surface area contributed by atoms with E-state index in [2.05, 4.69) is 5.32 Å². The molecule has 5 nitrogen and oxygen atoms in total. The Bertz CT molecular complexity index is 359. The SMILES string of the molecule is N#CCOc1ccc(CNCCOCCO)cc1. The summed E-state index contributed by atoms with van der Waals surface area (Å²) in [6.07, 6.45) is 0. The molecule has 0 heterocycles. The molecule has 0 aliphatic heterocycles. The maximum Gasteiger partial charge on any atom is 0.174 e. The van der Waals surface area contributed by atoms with Crippen molar-refractivity contribution in [3.63, 3.8) is 0 Å². The van der Waals surface area contributed by atoms with Gasteiger partial charge in [-0.2, -0.15) is 5.26 Å². The highest BCUT2D eigenvalue weighted by Gasteiger charge is 1.95. The second-order valence-corrected chi connectivity index (χ2v) is 3.60. The summed E-state index contributed by atoms with van der Waals surface area (Å²) in [5.74, 6) is 0.701. The molecule has 0 spiro atoms. The van der Waals surface area contributed by atoms with Crippen molar-refractivity contribution in [3.8, 4) is 11.8 Å². The number of ether oxygens (including phenoxy) is 2. The van der Waals surface area contributed by atoms with Crippen LogP contribution in [0, 0.1) is 11.3 Å². The molecule has 5 heteroatoms. The van der Waals surface area contributed by atoms with E-state index in [0.29, 0.717) is 19.0 Å². The molecule has 18 heavy (non-hydrogen) atoms. The van der Waals surface area contributed by atoms with E-state index in [4.69, 9.17) is 19.8 Å². The fourth-order valence-corrected chi connectivity index (χ4v) is 1.36. The van der Waals surface area contributed by atoms with Gasteiger partial charge in [0.2, 0.25) is 0 Å². The third-order valence-electron chi connectivity index (χ3n) is 2.21. The zero-order valence-electron chi connectivity index (χ0n) is 10.3. The maximum atomic E-state index is 8.51. The van der Waals surface area contributed by atoms with E-state index in [1.807, 2.05) is 30.3 Å². The molecule has 0 unspecified atom stereocenters. The lowest BCUT2D eigenvalue weighted by Crippen LogP contribution is -2.19. The predicted molar refractivity (Wildman–Crippen MR) is 67.2 cm³/mol. The van der Waals surface area contributed by atoms with Crippen molar-refractivity contribution in [1.82, 2.24) is 5.32 Å². The van der Waals surface area contributed by atoms with E-state index >= 15 is 0 Å². The van der Waals surface area contributed by atoms with Gasteiger partial charge in [-0.05, 0) is 17.7 Å². The van der Waals surface area contributed by atoms with Gasteiger partial charge in [0.1, 0.15) is 11.8 Å². The highest BCUT2D eigenvalue weighted by molar-refractivity contribution is 5.27. The summed E-state index contributed by atoms with van der Waals surface area (Å²) in [6, 6.07) is 9.52.